The highest BCUT2D eigenvalue weighted by molar-refractivity contribution is 5.80. The van der Waals surface area contributed by atoms with Crippen LogP contribution in [0.3, 0.4) is 0 Å². The van der Waals surface area contributed by atoms with Gasteiger partial charge >= 0.3 is 0 Å². The van der Waals surface area contributed by atoms with Gasteiger partial charge < -0.3 is 15.1 Å². The van der Waals surface area contributed by atoms with Gasteiger partial charge in [0.2, 0.25) is 0 Å². The summed E-state index contributed by atoms with van der Waals surface area (Å²) in [4.78, 5) is 14.1. The van der Waals surface area contributed by atoms with Gasteiger partial charge in [0.05, 0.1) is 6.54 Å². The summed E-state index contributed by atoms with van der Waals surface area (Å²) in [6, 6.07) is 8.99. The molecule has 0 unspecified atom stereocenters. The van der Waals surface area contributed by atoms with Crippen LogP contribution in [-0.4, -0.2) is 58.8 Å². The molecule has 0 spiro atoms. The molecule has 7 heteroatoms. The average molecular weight is 410 g/mol. The Morgan fingerprint density at radius 2 is 1.83 bits per heavy atom. The molecule has 7 nitrogen and oxygen atoms in total. The number of aromatic amines is 1. The number of hydrogen-bond acceptors (Lipinski definition) is 4. The molecule has 3 heterocycles. The zero-order valence-electron chi connectivity index (χ0n) is 18.3. The fraction of sp³-hybridized carbons (Fsp3) is 0.609. The molecule has 0 aliphatic carbocycles. The number of aromatic nitrogens is 3. The first-order valence-electron chi connectivity index (χ1n) is 11.5. The van der Waals surface area contributed by atoms with E-state index in [1.165, 1.54) is 37.2 Å². The highest BCUT2D eigenvalue weighted by Gasteiger charge is 2.24. The second-order valence-electron chi connectivity index (χ2n) is 8.64. The minimum atomic E-state index is 0.469. The lowest BCUT2D eigenvalue weighted by molar-refractivity contribution is 0.299. The number of H-pyrrole nitrogens is 1. The van der Waals surface area contributed by atoms with Gasteiger partial charge in [-0.15, -0.1) is 0 Å². The number of hydrogen-bond donors (Lipinski definition) is 2. The maximum atomic E-state index is 4.93. The Kier molecular flexibility index (Phi) is 6.87. The van der Waals surface area contributed by atoms with Crippen molar-refractivity contribution in [2.24, 2.45) is 10.9 Å². The molecule has 0 atom stereocenters. The van der Waals surface area contributed by atoms with Gasteiger partial charge in [0.15, 0.2) is 5.96 Å². The van der Waals surface area contributed by atoms with Crippen molar-refractivity contribution in [2.75, 3.05) is 37.6 Å². The SMILES string of the molecule is CCNC(=NCc1ccc(N2CCC(C)CC2)cc1)N1CCC(c2ncn[nH]2)CC1. The number of guanidine groups is 1. The van der Waals surface area contributed by atoms with E-state index < -0.39 is 0 Å². The first-order chi connectivity index (χ1) is 14.7. The Bertz CT molecular complexity index is 783. The second kappa shape index (κ2) is 9.96. The summed E-state index contributed by atoms with van der Waals surface area (Å²) >= 11 is 0. The summed E-state index contributed by atoms with van der Waals surface area (Å²) in [5, 5.41) is 10.5. The van der Waals surface area contributed by atoms with Crippen molar-refractivity contribution < 1.29 is 0 Å². The maximum Gasteiger partial charge on any atom is 0.194 e. The molecule has 2 fully saturated rings. The van der Waals surface area contributed by atoms with E-state index in [-0.39, 0.29) is 0 Å². The molecule has 0 saturated carbocycles. The molecule has 162 valence electrons. The average Bonchev–Trinajstić information content (AvgIpc) is 3.33. The number of benzene rings is 1. The number of nitrogens with one attached hydrogen (secondary N) is 2. The molecule has 0 radical (unpaired) electrons. The molecule has 2 saturated heterocycles. The molecule has 0 amide bonds. The van der Waals surface area contributed by atoms with Crippen LogP contribution in [0.15, 0.2) is 35.6 Å². The summed E-state index contributed by atoms with van der Waals surface area (Å²) in [6.07, 6.45) is 6.34. The minimum Gasteiger partial charge on any atom is -0.372 e. The number of aliphatic imine (C=N–C) groups is 1. The van der Waals surface area contributed by atoms with Crippen LogP contribution >= 0.6 is 0 Å². The fourth-order valence-electron chi connectivity index (χ4n) is 4.45. The van der Waals surface area contributed by atoms with Crippen molar-refractivity contribution in [3.05, 3.63) is 42.0 Å². The molecule has 2 N–H and O–H groups in total. The zero-order chi connectivity index (χ0) is 20.8. The van der Waals surface area contributed by atoms with Gasteiger partial charge in [0, 0.05) is 44.3 Å². The molecule has 2 aliphatic rings. The van der Waals surface area contributed by atoms with Gasteiger partial charge in [-0.1, -0.05) is 19.1 Å². The Morgan fingerprint density at radius 3 is 2.47 bits per heavy atom. The van der Waals surface area contributed by atoms with E-state index in [2.05, 4.69) is 68.4 Å². The third-order valence-corrected chi connectivity index (χ3v) is 6.45. The minimum absolute atomic E-state index is 0.469. The zero-order valence-corrected chi connectivity index (χ0v) is 18.3. The predicted octanol–water partition coefficient (Wildman–Crippen LogP) is 3.39. The summed E-state index contributed by atoms with van der Waals surface area (Å²) in [5.41, 5.74) is 2.60. The van der Waals surface area contributed by atoms with Crippen LogP contribution in [0.4, 0.5) is 5.69 Å². The third kappa shape index (κ3) is 5.12. The normalized spacial score (nSPS) is 19.3. The van der Waals surface area contributed by atoms with E-state index in [0.717, 1.165) is 50.2 Å². The van der Waals surface area contributed by atoms with E-state index in [4.69, 9.17) is 4.99 Å². The lowest BCUT2D eigenvalue weighted by Gasteiger charge is -2.33. The first kappa shape index (κ1) is 20.7. The summed E-state index contributed by atoms with van der Waals surface area (Å²) in [7, 11) is 0. The predicted molar refractivity (Wildman–Crippen MR) is 122 cm³/mol. The van der Waals surface area contributed by atoms with Gasteiger partial charge in [-0.05, 0) is 56.2 Å². The van der Waals surface area contributed by atoms with Crippen molar-refractivity contribution in [2.45, 2.75) is 52.0 Å². The molecule has 1 aromatic carbocycles. The Hall–Kier alpha value is -2.57. The van der Waals surface area contributed by atoms with Crippen LogP contribution in [0.5, 0.6) is 0 Å². The van der Waals surface area contributed by atoms with Gasteiger partial charge in [0.1, 0.15) is 12.2 Å². The van der Waals surface area contributed by atoms with Crippen LogP contribution in [0.25, 0.3) is 0 Å². The second-order valence-corrected chi connectivity index (χ2v) is 8.64. The lowest BCUT2D eigenvalue weighted by Crippen LogP contribution is -2.45. The smallest absolute Gasteiger partial charge is 0.194 e. The quantitative estimate of drug-likeness (QED) is 0.585. The molecule has 1 aromatic heterocycles. The van der Waals surface area contributed by atoms with Gasteiger partial charge in [-0.3, -0.25) is 5.10 Å². The standard InChI is InChI=1S/C23H35N7/c1-3-24-23(30-14-10-20(11-15-30)22-26-17-27-28-22)25-16-19-4-6-21(7-5-19)29-12-8-18(2)9-13-29/h4-7,17-18,20H,3,8-16H2,1-2H3,(H,24,25)(H,26,27,28). The number of likely N-dealkylation sites (tertiary alicyclic amines) is 1. The van der Waals surface area contributed by atoms with Gasteiger partial charge in [-0.2, -0.15) is 5.10 Å². The fourth-order valence-corrected chi connectivity index (χ4v) is 4.45. The van der Waals surface area contributed by atoms with Crippen LogP contribution in [0, 0.1) is 5.92 Å². The summed E-state index contributed by atoms with van der Waals surface area (Å²) < 4.78 is 0. The highest BCUT2D eigenvalue weighted by atomic mass is 15.3. The molecule has 30 heavy (non-hydrogen) atoms. The number of rotatable bonds is 5. The van der Waals surface area contributed by atoms with E-state index in [1.807, 2.05) is 0 Å². The largest absolute Gasteiger partial charge is 0.372 e. The molecule has 2 aliphatic heterocycles. The summed E-state index contributed by atoms with van der Waals surface area (Å²) in [6.45, 7) is 10.4. The maximum absolute atomic E-state index is 4.93. The van der Waals surface area contributed by atoms with Crippen LogP contribution in [0.1, 0.15) is 56.8 Å². The van der Waals surface area contributed by atoms with E-state index >= 15 is 0 Å². The summed E-state index contributed by atoms with van der Waals surface area (Å²) in [5.74, 6) is 3.36. The van der Waals surface area contributed by atoms with E-state index in [9.17, 15) is 0 Å². The van der Waals surface area contributed by atoms with Crippen molar-refractivity contribution >= 4 is 11.6 Å². The topological polar surface area (TPSA) is 72.4 Å². The monoisotopic (exact) mass is 409 g/mol. The van der Waals surface area contributed by atoms with Crippen molar-refractivity contribution in [3.8, 4) is 0 Å². The van der Waals surface area contributed by atoms with Gasteiger partial charge in [-0.25, -0.2) is 9.98 Å². The van der Waals surface area contributed by atoms with Crippen LogP contribution in [-0.2, 0) is 6.54 Å². The number of nitrogens with zero attached hydrogens (tertiary/aromatic N) is 5. The lowest BCUT2D eigenvalue weighted by atomic mass is 9.96. The van der Waals surface area contributed by atoms with Crippen molar-refractivity contribution in [1.82, 2.24) is 25.4 Å². The highest BCUT2D eigenvalue weighted by Crippen LogP contribution is 2.25. The Labute approximate surface area is 180 Å². The molecule has 2 aromatic rings. The van der Waals surface area contributed by atoms with Crippen LogP contribution in [0.2, 0.25) is 0 Å². The molecule has 0 bridgehead atoms. The van der Waals surface area contributed by atoms with Crippen molar-refractivity contribution in [1.29, 1.82) is 0 Å². The van der Waals surface area contributed by atoms with Crippen LogP contribution < -0.4 is 10.2 Å². The molecular formula is C23H35N7. The number of anilines is 1. The molecule has 4 rings (SSSR count). The van der Waals surface area contributed by atoms with E-state index in [1.54, 1.807) is 6.33 Å². The van der Waals surface area contributed by atoms with Crippen molar-refractivity contribution in [3.63, 3.8) is 0 Å². The van der Waals surface area contributed by atoms with Gasteiger partial charge in [0.25, 0.3) is 0 Å². The molecular weight excluding hydrogens is 374 g/mol. The Balaban J connectivity index is 1.33. The number of piperidine rings is 2. The first-order valence-corrected chi connectivity index (χ1v) is 11.5. The third-order valence-electron chi connectivity index (χ3n) is 6.45. The Morgan fingerprint density at radius 1 is 1.10 bits per heavy atom. The van der Waals surface area contributed by atoms with E-state index in [0.29, 0.717) is 12.5 Å².